The topological polar surface area (TPSA) is 29.1 Å². The summed E-state index contributed by atoms with van der Waals surface area (Å²) in [5.74, 6) is 0.137. The lowest BCUT2D eigenvalue weighted by molar-refractivity contribution is -0.113. The molecule has 60 valence electrons. The van der Waals surface area contributed by atoms with Crippen LogP contribution >= 0.6 is 20.7 Å². The van der Waals surface area contributed by atoms with E-state index in [0.717, 1.165) is 6.42 Å². The van der Waals surface area contributed by atoms with E-state index in [-0.39, 0.29) is 26.6 Å². The Kier molecular flexibility index (Phi) is 2.07. The minimum atomic E-state index is -0.0442. The van der Waals surface area contributed by atoms with Crippen LogP contribution in [0, 0.1) is 0 Å². The van der Waals surface area contributed by atoms with Gasteiger partial charge in [0.05, 0.1) is 0 Å². The van der Waals surface area contributed by atoms with Crippen molar-refractivity contribution in [2.75, 3.05) is 0 Å². The van der Waals surface area contributed by atoms with Crippen molar-refractivity contribution >= 4 is 30.6 Å². The van der Waals surface area contributed by atoms with Gasteiger partial charge in [-0.15, -0.1) is 0 Å². The van der Waals surface area contributed by atoms with E-state index in [4.69, 9.17) is 0 Å². The zero-order valence-corrected chi connectivity index (χ0v) is 8.35. The molecule has 3 heteroatoms. The first kappa shape index (κ1) is 7.46. The average molecular weight is 263 g/mol. The lowest BCUT2D eigenvalue weighted by atomic mass is 10.0. The first-order valence-electron chi connectivity index (χ1n) is 3.86. The van der Waals surface area contributed by atoms with E-state index in [9.17, 15) is 4.79 Å². The van der Waals surface area contributed by atoms with Gasteiger partial charge in [-0.2, -0.15) is 0 Å². The number of carbonyl (C=O) groups excluding carboxylic acids is 1. The zero-order chi connectivity index (χ0) is 7.68. The number of rotatable bonds is 0. The second-order valence-corrected chi connectivity index (χ2v) is 5.35. The van der Waals surface area contributed by atoms with Crippen LogP contribution in [0.4, 0.5) is 0 Å². The molecule has 11 heavy (non-hydrogen) atoms. The standard InChI is InChI=1S/C8H10INO/c11-8-5-9-6-3-1-2-4-7(6)10-8/h5H,1-4H2,(H,10,11). The van der Waals surface area contributed by atoms with Crippen molar-refractivity contribution in [3.05, 3.63) is 9.28 Å². The van der Waals surface area contributed by atoms with Gasteiger partial charge in [0.2, 0.25) is 0 Å². The summed E-state index contributed by atoms with van der Waals surface area (Å²) in [6.45, 7) is 0. The Morgan fingerprint density at radius 3 is 3.09 bits per heavy atom. The molecule has 0 aromatic heterocycles. The van der Waals surface area contributed by atoms with E-state index in [2.05, 4.69) is 5.32 Å². The first-order valence-corrected chi connectivity index (χ1v) is 6.18. The maximum Gasteiger partial charge on any atom is 0.253 e. The largest absolute Gasteiger partial charge is 0.325 e. The van der Waals surface area contributed by atoms with Gasteiger partial charge in [-0.25, -0.2) is 0 Å². The molecule has 0 fully saturated rings. The van der Waals surface area contributed by atoms with Gasteiger partial charge < -0.3 is 5.32 Å². The summed E-state index contributed by atoms with van der Waals surface area (Å²) in [7, 11) is 0. The Morgan fingerprint density at radius 2 is 2.18 bits per heavy atom. The van der Waals surface area contributed by atoms with Gasteiger partial charge in [0, 0.05) is 13.3 Å². The number of hydrogen-bond acceptors (Lipinski definition) is 1. The van der Waals surface area contributed by atoms with Crippen molar-refractivity contribution in [2.45, 2.75) is 25.7 Å². The SMILES string of the molecule is O=C1C=IC2=C(CCCC2)N1. The highest BCUT2D eigenvalue weighted by Crippen LogP contribution is 2.32. The van der Waals surface area contributed by atoms with E-state index < -0.39 is 0 Å². The average Bonchev–Trinajstić information content (AvgIpc) is 2.04. The first-order chi connectivity index (χ1) is 5.36. The van der Waals surface area contributed by atoms with Gasteiger partial charge in [-0.3, -0.25) is 4.79 Å². The molecule has 0 aromatic rings. The monoisotopic (exact) mass is 263 g/mol. The summed E-state index contributed by atoms with van der Waals surface area (Å²) in [5.41, 5.74) is 1.26. The van der Waals surface area contributed by atoms with Gasteiger partial charge in [-0.05, 0) is 25.7 Å². The summed E-state index contributed by atoms with van der Waals surface area (Å²) in [6, 6.07) is 0. The molecule has 0 aromatic carbocycles. The maximum atomic E-state index is 10.9. The van der Waals surface area contributed by atoms with Crippen molar-refractivity contribution in [3.63, 3.8) is 0 Å². The second-order valence-electron chi connectivity index (χ2n) is 2.80. The van der Waals surface area contributed by atoms with Crippen molar-refractivity contribution in [3.8, 4) is 0 Å². The predicted molar refractivity (Wildman–Crippen MR) is 53.7 cm³/mol. The van der Waals surface area contributed by atoms with E-state index >= 15 is 0 Å². The molecule has 0 saturated heterocycles. The van der Waals surface area contributed by atoms with Crippen LogP contribution in [-0.2, 0) is 4.79 Å². The third-order valence-electron chi connectivity index (χ3n) is 1.96. The lowest BCUT2D eigenvalue weighted by Gasteiger charge is -2.20. The van der Waals surface area contributed by atoms with Gasteiger partial charge in [0.1, 0.15) is 0 Å². The van der Waals surface area contributed by atoms with Gasteiger partial charge in [-0.1, -0.05) is 20.7 Å². The van der Waals surface area contributed by atoms with Gasteiger partial charge >= 0.3 is 0 Å². The molecule has 0 saturated carbocycles. The van der Waals surface area contributed by atoms with Crippen molar-refractivity contribution in [1.82, 2.24) is 5.32 Å². The molecule has 1 aliphatic carbocycles. The second kappa shape index (κ2) is 3.05. The van der Waals surface area contributed by atoms with Gasteiger partial charge in [0.15, 0.2) is 0 Å². The van der Waals surface area contributed by atoms with Crippen LogP contribution in [0.1, 0.15) is 25.7 Å². The molecule has 2 aliphatic rings. The van der Waals surface area contributed by atoms with Crippen LogP contribution in [-0.4, -0.2) is 9.92 Å². The Balaban J connectivity index is 2.26. The highest BCUT2D eigenvalue weighted by molar-refractivity contribution is 14.2. The molecular formula is C8H10INO. The van der Waals surface area contributed by atoms with Crippen molar-refractivity contribution < 1.29 is 4.79 Å². The molecule has 0 spiro atoms. The van der Waals surface area contributed by atoms with Crippen LogP contribution in [0.2, 0.25) is 0 Å². The van der Waals surface area contributed by atoms with Crippen molar-refractivity contribution in [2.24, 2.45) is 0 Å². The highest BCUT2D eigenvalue weighted by atomic mass is 127. The minimum absolute atomic E-state index is 0.0442. The van der Waals surface area contributed by atoms with Crippen LogP contribution < -0.4 is 5.32 Å². The third-order valence-corrected chi connectivity index (χ3v) is 4.78. The van der Waals surface area contributed by atoms with E-state index in [1.54, 1.807) is 3.58 Å². The number of allylic oxidation sites excluding steroid dienone is 2. The normalized spacial score (nSPS) is 23.8. The Hall–Kier alpha value is -0.190. The molecule has 1 N–H and O–H groups in total. The predicted octanol–water partition coefficient (Wildman–Crippen LogP) is 1.67. The fourth-order valence-electron chi connectivity index (χ4n) is 1.41. The minimum Gasteiger partial charge on any atom is -0.325 e. The number of carbonyl (C=O) groups is 1. The molecule has 2 rings (SSSR count). The Morgan fingerprint density at radius 1 is 1.36 bits per heavy atom. The highest BCUT2D eigenvalue weighted by Gasteiger charge is 2.15. The molecular weight excluding hydrogens is 253 g/mol. The molecule has 1 amide bonds. The fraction of sp³-hybridized carbons (Fsp3) is 0.500. The lowest BCUT2D eigenvalue weighted by Crippen LogP contribution is -2.27. The maximum absolute atomic E-state index is 10.9. The molecule has 0 radical (unpaired) electrons. The molecule has 2 nitrogen and oxygen atoms in total. The van der Waals surface area contributed by atoms with Gasteiger partial charge in [0.25, 0.3) is 5.91 Å². The van der Waals surface area contributed by atoms with E-state index in [1.807, 2.05) is 4.01 Å². The summed E-state index contributed by atoms with van der Waals surface area (Å²) in [4.78, 5) is 10.9. The number of nitrogens with one attached hydrogen (secondary N) is 1. The summed E-state index contributed by atoms with van der Waals surface area (Å²) < 4.78 is 3.41. The van der Waals surface area contributed by atoms with Crippen LogP contribution in [0.5, 0.6) is 0 Å². The quantitative estimate of drug-likeness (QED) is 0.662. The van der Waals surface area contributed by atoms with E-state index in [1.165, 1.54) is 25.0 Å². The van der Waals surface area contributed by atoms with Crippen LogP contribution in [0.3, 0.4) is 0 Å². The van der Waals surface area contributed by atoms with Crippen LogP contribution in [0.25, 0.3) is 0 Å². The summed E-state index contributed by atoms with van der Waals surface area (Å²) >= 11 is -0.0442. The van der Waals surface area contributed by atoms with E-state index in [0.29, 0.717) is 0 Å². The van der Waals surface area contributed by atoms with Crippen LogP contribution in [0.15, 0.2) is 9.28 Å². The Bertz CT molecular complexity index is 255. The summed E-state index contributed by atoms with van der Waals surface area (Å²) in [5, 5.41) is 2.93. The Labute approximate surface area is 75.8 Å². The molecule has 0 atom stereocenters. The number of halogens is 1. The fourth-order valence-corrected chi connectivity index (χ4v) is 3.70. The molecule has 0 unspecified atom stereocenters. The summed E-state index contributed by atoms with van der Waals surface area (Å²) in [6.07, 6.45) is 4.92. The zero-order valence-electron chi connectivity index (χ0n) is 6.19. The van der Waals surface area contributed by atoms with Crippen molar-refractivity contribution in [1.29, 1.82) is 0 Å². The molecule has 1 heterocycles. The number of hydrogen-bond donors (Lipinski definition) is 1. The third kappa shape index (κ3) is 1.52. The molecule has 0 bridgehead atoms. The molecule has 1 aliphatic heterocycles. The smallest absolute Gasteiger partial charge is 0.253 e. The number of amides is 1.